The highest BCUT2D eigenvalue weighted by Gasteiger charge is 2.44. The summed E-state index contributed by atoms with van der Waals surface area (Å²) in [5, 5.41) is 30.6. The van der Waals surface area contributed by atoms with E-state index >= 15 is 4.39 Å². The van der Waals surface area contributed by atoms with Gasteiger partial charge in [0.2, 0.25) is 17.7 Å². The summed E-state index contributed by atoms with van der Waals surface area (Å²) in [6.07, 6.45) is 4.38. The van der Waals surface area contributed by atoms with Crippen molar-refractivity contribution in [1.29, 1.82) is 0 Å². The molecule has 0 spiro atoms. The number of fused-ring (bicyclic) bond motifs is 2. The van der Waals surface area contributed by atoms with Crippen LogP contribution in [0.3, 0.4) is 0 Å². The van der Waals surface area contributed by atoms with Gasteiger partial charge in [-0.3, -0.25) is 24.5 Å². The average molecular weight is 1150 g/mol. The Morgan fingerprint density at radius 1 is 0.938 bits per heavy atom. The summed E-state index contributed by atoms with van der Waals surface area (Å²) >= 11 is 4.29. The van der Waals surface area contributed by atoms with Crippen LogP contribution in [0.2, 0.25) is 0 Å². The summed E-state index contributed by atoms with van der Waals surface area (Å²) < 4.78 is 22.0. The molecule has 1 fully saturated rings. The Labute approximate surface area is 482 Å². The second kappa shape index (κ2) is 26.3. The normalized spacial score (nSPS) is 15.4. The Morgan fingerprint density at radius 2 is 1.74 bits per heavy atom. The topological polar surface area (TPSA) is 216 Å². The molecular weight excluding hydrogens is 1090 g/mol. The number of carbonyl (C=O) groups excluding carboxylic acids is 4. The number of benzene rings is 4. The van der Waals surface area contributed by atoms with Crippen molar-refractivity contribution in [1.82, 2.24) is 30.5 Å². The summed E-state index contributed by atoms with van der Waals surface area (Å²) in [7, 11) is 0. The van der Waals surface area contributed by atoms with Crippen molar-refractivity contribution in [3.63, 3.8) is 0 Å². The zero-order chi connectivity index (χ0) is 57.2. The molecule has 0 unspecified atom stereocenters. The van der Waals surface area contributed by atoms with Gasteiger partial charge in [-0.05, 0) is 97.0 Å². The molecule has 7 aromatic rings. The number of hydrogen-bond donors (Lipinski definition) is 5. The molecule has 0 radical (unpaired) electrons. The van der Waals surface area contributed by atoms with Crippen molar-refractivity contribution in [3.05, 3.63) is 140 Å². The Hall–Kier alpha value is -7.57. The number of halogens is 1. The first-order valence-electron chi connectivity index (χ1n) is 27.2. The number of aryl methyl sites for hydroxylation is 2. The van der Waals surface area contributed by atoms with Gasteiger partial charge in [-0.15, -0.1) is 22.7 Å². The van der Waals surface area contributed by atoms with Gasteiger partial charge in [-0.1, -0.05) is 105 Å². The number of hydrogen-bond acceptors (Lipinski definition) is 14. The van der Waals surface area contributed by atoms with Gasteiger partial charge in [0.25, 0.3) is 5.91 Å². The van der Waals surface area contributed by atoms with E-state index in [-0.39, 0.29) is 61.5 Å². The number of thiazole rings is 3. The van der Waals surface area contributed by atoms with Gasteiger partial charge < -0.3 is 35.4 Å². The zero-order valence-corrected chi connectivity index (χ0v) is 48.1. The van der Waals surface area contributed by atoms with Gasteiger partial charge in [0, 0.05) is 61.9 Å². The molecule has 422 valence electrons. The highest BCUT2D eigenvalue weighted by Crippen LogP contribution is 2.35. The van der Waals surface area contributed by atoms with Crippen LogP contribution in [0.5, 0.6) is 5.75 Å². The number of likely N-dealkylation sites (tertiary alicyclic amines) is 1. The number of para-hydroxylation sites is 1. The Kier molecular flexibility index (Phi) is 18.9. The Bertz CT molecular complexity index is 3460. The van der Waals surface area contributed by atoms with Crippen LogP contribution < -0.4 is 25.6 Å². The number of β-amino-alcohol motifs (C(OH)–C–C–N with tert-alkyl or cyclic N) is 1. The minimum absolute atomic E-state index is 0.00724. The number of amides is 4. The van der Waals surface area contributed by atoms with Crippen LogP contribution in [-0.2, 0) is 40.3 Å². The lowest BCUT2D eigenvalue weighted by Gasteiger charge is -2.35. The second-order valence-electron chi connectivity index (χ2n) is 21.4. The van der Waals surface area contributed by atoms with Crippen molar-refractivity contribution in [2.75, 3.05) is 29.9 Å². The lowest BCUT2D eigenvalue weighted by Crippen LogP contribution is -2.57. The van der Waals surface area contributed by atoms with Crippen LogP contribution in [-0.4, -0.2) is 97.5 Å². The molecule has 0 aliphatic carbocycles. The lowest BCUT2D eigenvalue weighted by molar-refractivity contribution is -0.144. The molecule has 5 heterocycles. The molecule has 81 heavy (non-hydrogen) atoms. The van der Waals surface area contributed by atoms with Gasteiger partial charge >= 0.3 is 5.97 Å². The van der Waals surface area contributed by atoms with Crippen molar-refractivity contribution >= 4 is 84.1 Å². The monoisotopic (exact) mass is 1150 g/mol. The molecule has 4 aromatic carbocycles. The SMILES string of the molecule is Cc1ncsc1-c1ccc(CNC(=O)[C@@H]2C[C@@H](O)CN2C(=O)[C@@H](NC(=O)CCCCCCC#Cc2ccc(OCCCc3sc(N4CCc5cccc(C(=O)Nc6nc7ccccc7s6)c5C4)nc3C(=O)O)cc2F)C(C)(C)C)cc1. The number of aliphatic hydroxyl groups is 1. The molecule has 5 N–H and O–H groups in total. The molecular formula is C61H65FN8O8S3. The molecule has 0 saturated carbocycles. The summed E-state index contributed by atoms with van der Waals surface area (Å²) in [6.45, 7) is 9.00. The minimum Gasteiger partial charge on any atom is -0.493 e. The number of nitrogens with one attached hydrogen (secondary N) is 3. The van der Waals surface area contributed by atoms with Crippen LogP contribution in [0.1, 0.15) is 126 Å². The zero-order valence-electron chi connectivity index (χ0n) is 45.7. The van der Waals surface area contributed by atoms with Crippen molar-refractivity contribution in [3.8, 4) is 28.0 Å². The van der Waals surface area contributed by atoms with E-state index in [1.54, 1.807) is 29.5 Å². The van der Waals surface area contributed by atoms with Crippen LogP contribution in [0, 0.1) is 30.0 Å². The van der Waals surface area contributed by atoms with Gasteiger partial charge in [-0.2, -0.15) is 0 Å². The number of nitrogens with zero attached hydrogens (tertiary/aromatic N) is 5. The number of carbonyl (C=O) groups is 5. The van der Waals surface area contributed by atoms with Crippen LogP contribution >= 0.6 is 34.0 Å². The molecule has 9 rings (SSSR count). The lowest BCUT2D eigenvalue weighted by atomic mass is 9.85. The van der Waals surface area contributed by atoms with E-state index in [9.17, 15) is 34.2 Å². The Balaban J connectivity index is 0.680. The first-order valence-corrected chi connectivity index (χ1v) is 29.7. The number of carboxylic acids is 1. The van der Waals surface area contributed by atoms with E-state index in [1.165, 1.54) is 33.6 Å². The third kappa shape index (κ3) is 14.7. The number of aromatic carboxylic acids is 1. The summed E-state index contributed by atoms with van der Waals surface area (Å²) in [5.74, 6) is 3.33. The maximum Gasteiger partial charge on any atom is 0.355 e. The molecule has 16 nitrogen and oxygen atoms in total. The first-order chi connectivity index (χ1) is 39.0. The fraction of sp³-hybridized carbons (Fsp3) is 0.377. The third-order valence-electron chi connectivity index (χ3n) is 14.3. The van der Waals surface area contributed by atoms with E-state index in [4.69, 9.17) is 4.74 Å². The third-order valence-corrected chi connectivity index (χ3v) is 17.4. The maximum absolute atomic E-state index is 15.1. The quantitative estimate of drug-likeness (QED) is 0.0336. The molecule has 1 saturated heterocycles. The van der Waals surface area contributed by atoms with E-state index in [0.29, 0.717) is 71.6 Å². The maximum atomic E-state index is 15.1. The number of aliphatic hydroxyl groups excluding tert-OH is 1. The molecule has 4 amide bonds. The highest BCUT2D eigenvalue weighted by atomic mass is 32.1. The number of unbranched alkanes of at least 4 members (excludes halogenated alkanes) is 4. The standard InChI is InChI=1S/C61H65FN8O8S3/c1-37-53(79-36-64-37)41-24-22-38(23-25-41)33-63-56(74)48-31-42(71)34-70(48)57(75)54(61(2,3)4)66-51(72)21-10-8-6-5-7-9-15-40-26-27-43(32-46(40)62)78-30-14-20-50-52(58(76)77)67-60(81-50)69-29-28-39-16-13-17-44(45(39)35-69)55(73)68-59-65-47-18-11-12-19-49(47)80-59/h11-13,16-19,22-27,32,36,42,48,54,71H,5-8,10,14,20-21,28-31,33-35H2,1-4H3,(H,63,74)(H,66,72)(H,76,77)(H,65,68,73)/t42-,48+,54-/m1/s1. The van der Waals surface area contributed by atoms with Crippen molar-refractivity contribution < 1.29 is 43.3 Å². The summed E-state index contributed by atoms with van der Waals surface area (Å²) in [6, 6.07) is 24.0. The summed E-state index contributed by atoms with van der Waals surface area (Å²) in [4.78, 5) is 85.2. The highest BCUT2D eigenvalue weighted by molar-refractivity contribution is 7.22. The first kappa shape index (κ1) is 58.1. The second-order valence-corrected chi connectivity index (χ2v) is 24.3. The number of rotatable bonds is 21. The van der Waals surface area contributed by atoms with Gasteiger partial charge in [0.15, 0.2) is 16.0 Å². The molecule has 20 heteroatoms. The van der Waals surface area contributed by atoms with Gasteiger partial charge in [0.1, 0.15) is 23.7 Å². The smallest absolute Gasteiger partial charge is 0.355 e. The molecule has 2 aliphatic heterocycles. The predicted octanol–water partition coefficient (Wildman–Crippen LogP) is 10.3. The summed E-state index contributed by atoms with van der Waals surface area (Å²) in [5.41, 5.74) is 7.52. The van der Waals surface area contributed by atoms with Crippen molar-refractivity contribution in [2.45, 2.75) is 123 Å². The predicted molar refractivity (Wildman–Crippen MR) is 314 cm³/mol. The average Bonchev–Trinajstić information content (AvgIpc) is 4.49. The number of ether oxygens (including phenoxy) is 1. The van der Waals surface area contributed by atoms with E-state index in [1.807, 2.05) is 98.8 Å². The van der Waals surface area contributed by atoms with E-state index < -0.39 is 41.3 Å². The number of anilines is 2. The van der Waals surface area contributed by atoms with Crippen LogP contribution in [0.15, 0.2) is 90.4 Å². The van der Waals surface area contributed by atoms with E-state index in [0.717, 1.165) is 62.3 Å². The van der Waals surface area contributed by atoms with Crippen LogP contribution in [0.25, 0.3) is 20.7 Å². The largest absolute Gasteiger partial charge is 0.493 e. The van der Waals surface area contributed by atoms with Crippen LogP contribution in [0.4, 0.5) is 14.7 Å². The minimum atomic E-state index is -1.13. The number of aromatic nitrogens is 3. The molecule has 2 aliphatic rings. The van der Waals surface area contributed by atoms with Gasteiger partial charge in [0.05, 0.1) is 44.6 Å². The van der Waals surface area contributed by atoms with Gasteiger partial charge in [-0.25, -0.2) is 24.1 Å². The molecule has 0 bridgehead atoms. The molecule has 3 atom stereocenters. The van der Waals surface area contributed by atoms with E-state index in [2.05, 4.69) is 42.7 Å². The van der Waals surface area contributed by atoms with Crippen molar-refractivity contribution in [2.24, 2.45) is 5.41 Å². The fourth-order valence-corrected chi connectivity index (χ4v) is 12.8. The number of carboxylic acid groups (broad SMARTS) is 1. The Morgan fingerprint density at radius 3 is 2.49 bits per heavy atom. The molecule has 3 aromatic heterocycles. The fourth-order valence-electron chi connectivity index (χ4n) is 9.99.